The molecule has 0 amide bonds. The fraction of sp³-hybridized carbons (Fsp3) is 0.0556. The van der Waals surface area contributed by atoms with Gasteiger partial charge in [-0.1, -0.05) is 72.8 Å². The fourth-order valence-corrected chi connectivity index (χ4v) is 2.47. The second-order valence-corrected chi connectivity index (χ2v) is 4.54. The van der Waals surface area contributed by atoms with E-state index in [9.17, 15) is 5.26 Å². The molecule has 90 valence electrons. The van der Waals surface area contributed by atoms with E-state index in [1.54, 1.807) is 0 Å². The molecule has 0 saturated carbocycles. The van der Waals surface area contributed by atoms with Crippen molar-refractivity contribution < 1.29 is 0 Å². The van der Waals surface area contributed by atoms with Gasteiger partial charge in [-0.2, -0.15) is 5.26 Å². The van der Waals surface area contributed by atoms with E-state index in [-0.39, 0.29) is 5.92 Å². The first kappa shape index (κ1) is 11.5. The Morgan fingerprint density at radius 2 is 1.42 bits per heavy atom. The van der Waals surface area contributed by atoms with Crippen molar-refractivity contribution in [2.24, 2.45) is 0 Å². The summed E-state index contributed by atoms with van der Waals surface area (Å²) in [6, 6.07) is 26.7. The van der Waals surface area contributed by atoms with Crippen LogP contribution in [-0.2, 0) is 0 Å². The summed E-state index contributed by atoms with van der Waals surface area (Å²) in [6.45, 7) is 0. The van der Waals surface area contributed by atoms with Crippen LogP contribution in [0.5, 0.6) is 0 Å². The molecule has 0 unspecified atom stereocenters. The molecule has 0 bridgehead atoms. The van der Waals surface area contributed by atoms with Gasteiger partial charge in [0.05, 0.1) is 12.0 Å². The molecule has 0 N–H and O–H groups in total. The average molecular weight is 243 g/mol. The Hall–Kier alpha value is -2.59. The summed E-state index contributed by atoms with van der Waals surface area (Å²) >= 11 is 0. The smallest absolute Gasteiger partial charge is 0.0968 e. The van der Waals surface area contributed by atoms with Crippen molar-refractivity contribution in [1.82, 2.24) is 0 Å². The summed E-state index contributed by atoms with van der Waals surface area (Å²) in [5.74, 6) is -0.215. The second kappa shape index (κ2) is 4.96. The second-order valence-electron chi connectivity index (χ2n) is 4.54. The van der Waals surface area contributed by atoms with Crippen molar-refractivity contribution in [3.05, 3.63) is 83.9 Å². The molecule has 0 fully saturated rings. The van der Waals surface area contributed by atoms with E-state index in [1.807, 2.05) is 54.6 Å². The Morgan fingerprint density at radius 1 is 0.737 bits per heavy atom. The summed E-state index contributed by atoms with van der Waals surface area (Å²) in [4.78, 5) is 0. The molecular weight excluding hydrogens is 230 g/mol. The highest BCUT2D eigenvalue weighted by atomic mass is 14.3. The van der Waals surface area contributed by atoms with E-state index in [2.05, 4.69) is 24.3 Å². The lowest BCUT2D eigenvalue weighted by Crippen LogP contribution is -1.98. The largest absolute Gasteiger partial charge is 0.197 e. The van der Waals surface area contributed by atoms with Gasteiger partial charge in [-0.25, -0.2) is 0 Å². The molecule has 1 atom stereocenters. The number of hydrogen-bond donors (Lipinski definition) is 0. The molecule has 0 aliphatic rings. The third-order valence-corrected chi connectivity index (χ3v) is 3.40. The molecule has 3 rings (SSSR count). The van der Waals surface area contributed by atoms with E-state index in [4.69, 9.17) is 0 Å². The van der Waals surface area contributed by atoms with E-state index in [1.165, 1.54) is 5.39 Å². The molecule has 0 spiro atoms. The summed E-state index contributed by atoms with van der Waals surface area (Å²) in [6.07, 6.45) is 0. The number of nitrogens with zero attached hydrogens (tertiary/aromatic N) is 1. The highest BCUT2D eigenvalue weighted by Crippen LogP contribution is 2.30. The molecule has 1 heteroatoms. The minimum atomic E-state index is -0.215. The van der Waals surface area contributed by atoms with Crippen molar-refractivity contribution in [3.63, 3.8) is 0 Å². The Balaban J connectivity index is 2.21. The standard InChI is InChI=1S/C18H13N/c19-13-18(15-7-2-1-3-8-15)17-12-6-10-14-9-4-5-11-16(14)17/h1-12,18H/t18-/m0/s1. The molecule has 0 aliphatic carbocycles. The van der Waals surface area contributed by atoms with Gasteiger partial charge in [0.25, 0.3) is 0 Å². The lowest BCUT2D eigenvalue weighted by Gasteiger charge is -2.12. The highest BCUT2D eigenvalue weighted by molar-refractivity contribution is 5.87. The van der Waals surface area contributed by atoms with Crippen molar-refractivity contribution in [2.45, 2.75) is 5.92 Å². The van der Waals surface area contributed by atoms with Crippen LogP contribution in [0.3, 0.4) is 0 Å². The quantitative estimate of drug-likeness (QED) is 0.650. The van der Waals surface area contributed by atoms with E-state index >= 15 is 0 Å². The van der Waals surface area contributed by atoms with Crippen LogP contribution in [0.4, 0.5) is 0 Å². The van der Waals surface area contributed by atoms with Crippen molar-refractivity contribution in [2.75, 3.05) is 0 Å². The van der Waals surface area contributed by atoms with Crippen molar-refractivity contribution >= 4 is 10.8 Å². The molecule has 0 aromatic heterocycles. The van der Waals surface area contributed by atoms with Gasteiger partial charge in [0.2, 0.25) is 0 Å². The molecule has 0 radical (unpaired) electrons. The predicted octanol–water partition coefficient (Wildman–Crippen LogP) is 4.50. The molecular formula is C18H13N. The lowest BCUT2D eigenvalue weighted by molar-refractivity contribution is 1.05. The molecule has 0 saturated heterocycles. The minimum Gasteiger partial charge on any atom is -0.197 e. The predicted molar refractivity (Wildman–Crippen MR) is 77.8 cm³/mol. The summed E-state index contributed by atoms with van der Waals surface area (Å²) in [5, 5.41) is 11.9. The first-order valence-corrected chi connectivity index (χ1v) is 6.32. The van der Waals surface area contributed by atoms with E-state index in [0.29, 0.717) is 0 Å². The number of rotatable bonds is 2. The van der Waals surface area contributed by atoms with Crippen LogP contribution in [0.15, 0.2) is 72.8 Å². The van der Waals surface area contributed by atoms with Gasteiger partial charge in [0.15, 0.2) is 0 Å². The van der Waals surface area contributed by atoms with Gasteiger partial charge in [-0.15, -0.1) is 0 Å². The normalized spacial score (nSPS) is 11.9. The number of nitriles is 1. The fourth-order valence-electron chi connectivity index (χ4n) is 2.47. The van der Waals surface area contributed by atoms with Gasteiger partial charge >= 0.3 is 0 Å². The molecule has 1 nitrogen and oxygen atoms in total. The zero-order valence-electron chi connectivity index (χ0n) is 10.5. The monoisotopic (exact) mass is 243 g/mol. The van der Waals surface area contributed by atoms with Gasteiger partial charge in [-0.3, -0.25) is 0 Å². The van der Waals surface area contributed by atoms with Crippen LogP contribution in [0.25, 0.3) is 10.8 Å². The van der Waals surface area contributed by atoms with Gasteiger partial charge in [0.1, 0.15) is 0 Å². The van der Waals surface area contributed by atoms with E-state index in [0.717, 1.165) is 16.5 Å². The van der Waals surface area contributed by atoms with Crippen LogP contribution in [0.1, 0.15) is 17.0 Å². The number of benzene rings is 3. The van der Waals surface area contributed by atoms with Crippen LogP contribution >= 0.6 is 0 Å². The summed E-state index contributed by atoms with van der Waals surface area (Å²) < 4.78 is 0. The van der Waals surface area contributed by atoms with E-state index < -0.39 is 0 Å². The van der Waals surface area contributed by atoms with Gasteiger partial charge in [0, 0.05) is 0 Å². The first-order chi connectivity index (χ1) is 9.40. The number of hydrogen-bond acceptors (Lipinski definition) is 1. The van der Waals surface area contributed by atoms with Crippen LogP contribution < -0.4 is 0 Å². The van der Waals surface area contributed by atoms with Crippen LogP contribution in [-0.4, -0.2) is 0 Å². The van der Waals surface area contributed by atoms with Gasteiger partial charge < -0.3 is 0 Å². The maximum absolute atomic E-state index is 9.54. The first-order valence-electron chi connectivity index (χ1n) is 6.32. The molecule has 3 aromatic carbocycles. The maximum Gasteiger partial charge on any atom is 0.0968 e. The van der Waals surface area contributed by atoms with Crippen molar-refractivity contribution in [1.29, 1.82) is 5.26 Å². The minimum absolute atomic E-state index is 0.215. The molecule has 19 heavy (non-hydrogen) atoms. The zero-order chi connectivity index (χ0) is 13.1. The Bertz CT molecular complexity index is 733. The van der Waals surface area contributed by atoms with Gasteiger partial charge in [-0.05, 0) is 21.9 Å². The van der Waals surface area contributed by atoms with Crippen molar-refractivity contribution in [3.8, 4) is 6.07 Å². The Labute approximate surface area is 112 Å². The number of fused-ring (bicyclic) bond motifs is 1. The molecule has 0 heterocycles. The van der Waals surface area contributed by atoms with Crippen LogP contribution in [0, 0.1) is 11.3 Å². The molecule has 3 aromatic rings. The highest BCUT2D eigenvalue weighted by Gasteiger charge is 2.15. The van der Waals surface area contributed by atoms with Crippen LogP contribution in [0.2, 0.25) is 0 Å². The summed E-state index contributed by atoms with van der Waals surface area (Å²) in [7, 11) is 0. The Kier molecular flexibility index (Phi) is 3.00. The third-order valence-electron chi connectivity index (χ3n) is 3.40. The lowest BCUT2D eigenvalue weighted by atomic mass is 9.89. The SMILES string of the molecule is N#C[C@@H](c1ccccc1)c1cccc2ccccc12. The molecule has 0 aliphatic heterocycles. The zero-order valence-corrected chi connectivity index (χ0v) is 10.5. The third kappa shape index (κ3) is 2.09. The average Bonchev–Trinajstić information content (AvgIpc) is 2.49. The topological polar surface area (TPSA) is 23.8 Å². The summed E-state index contributed by atoms with van der Waals surface area (Å²) in [5.41, 5.74) is 2.12. The maximum atomic E-state index is 9.54. The Morgan fingerprint density at radius 3 is 2.21 bits per heavy atom.